The van der Waals surface area contributed by atoms with E-state index in [0.29, 0.717) is 5.92 Å². The number of hydrogen-bond acceptors (Lipinski definition) is 4. The van der Waals surface area contributed by atoms with Crippen LogP contribution in [0.1, 0.15) is 18.5 Å². The second kappa shape index (κ2) is 8.23. The summed E-state index contributed by atoms with van der Waals surface area (Å²) in [6.07, 6.45) is 1.66. The molecule has 0 spiro atoms. The fraction of sp³-hybridized carbons (Fsp3) is 0.130. The van der Waals surface area contributed by atoms with Crippen molar-refractivity contribution in [2.24, 2.45) is 0 Å². The van der Waals surface area contributed by atoms with E-state index in [9.17, 15) is 0 Å². The van der Waals surface area contributed by atoms with E-state index in [1.165, 1.54) is 4.90 Å². The van der Waals surface area contributed by atoms with E-state index in [4.69, 9.17) is 4.74 Å². The molecule has 1 heterocycles. The molecule has 0 amide bonds. The van der Waals surface area contributed by atoms with Crippen molar-refractivity contribution in [2.75, 3.05) is 5.75 Å². The summed E-state index contributed by atoms with van der Waals surface area (Å²) in [5, 5.41) is 1.14. The number of rotatable bonds is 6. The fourth-order valence-electron chi connectivity index (χ4n) is 2.95. The van der Waals surface area contributed by atoms with Crippen LogP contribution in [-0.2, 0) is 0 Å². The van der Waals surface area contributed by atoms with Crippen LogP contribution in [0.3, 0.4) is 0 Å². The number of aromatic nitrogens is 2. The normalized spacial score (nSPS) is 12.0. The Kier molecular flexibility index (Phi) is 5.35. The first-order valence-electron chi connectivity index (χ1n) is 8.95. The smallest absolute Gasteiger partial charge is 0.127 e. The Balaban J connectivity index is 1.41. The zero-order valence-electron chi connectivity index (χ0n) is 15.1. The lowest BCUT2D eigenvalue weighted by molar-refractivity contribution is 0.482. The third-order valence-electron chi connectivity index (χ3n) is 4.34. The minimum absolute atomic E-state index is 0.336. The molecule has 0 aliphatic carbocycles. The standard InChI is InChI=1S/C23H20N2OS/c1-17(23-21-9-5-6-10-22(21)24-16-25-23)15-27-20-13-11-19(12-14-20)26-18-7-3-2-4-8-18/h2-14,16-17H,15H2,1H3. The highest BCUT2D eigenvalue weighted by molar-refractivity contribution is 7.99. The quantitative estimate of drug-likeness (QED) is 0.371. The van der Waals surface area contributed by atoms with Crippen molar-refractivity contribution in [1.82, 2.24) is 9.97 Å². The van der Waals surface area contributed by atoms with Crippen LogP contribution in [0.25, 0.3) is 10.9 Å². The van der Waals surface area contributed by atoms with Gasteiger partial charge in [-0.25, -0.2) is 9.97 Å². The molecule has 1 aromatic heterocycles. The van der Waals surface area contributed by atoms with Gasteiger partial charge in [0.05, 0.1) is 11.2 Å². The largest absolute Gasteiger partial charge is 0.457 e. The summed E-state index contributed by atoms with van der Waals surface area (Å²) in [5.41, 5.74) is 2.11. The van der Waals surface area contributed by atoms with E-state index in [1.807, 2.05) is 72.4 Å². The van der Waals surface area contributed by atoms with E-state index in [1.54, 1.807) is 6.33 Å². The lowest BCUT2D eigenvalue weighted by atomic mass is 10.0. The molecule has 0 N–H and O–H groups in total. The van der Waals surface area contributed by atoms with Gasteiger partial charge in [-0.1, -0.05) is 43.3 Å². The molecular formula is C23H20N2OS. The van der Waals surface area contributed by atoms with Gasteiger partial charge in [-0.05, 0) is 42.5 Å². The third-order valence-corrected chi connectivity index (χ3v) is 5.62. The molecular weight excluding hydrogens is 352 g/mol. The van der Waals surface area contributed by atoms with Crippen LogP contribution in [0.15, 0.2) is 90.1 Å². The molecule has 3 aromatic carbocycles. The molecule has 4 rings (SSSR count). The van der Waals surface area contributed by atoms with Crippen molar-refractivity contribution in [3.63, 3.8) is 0 Å². The zero-order valence-corrected chi connectivity index (χ0v) is 15.9. The summed E-state index contributed by atoms with van der Waals surface area (Å²) in [7, 11) is 0. The molecule has 27 heavy (non-hydrogen) atoms. The maximum absolute atomic E-state index is 5.85. The number of fused-ring (bicyclic) bond motifs is 1. The van der Waals surface area contributed by atoms with E-state index in [0.717, 1.165) is 33.8 Å². The number of nitrogens with zero attached hydrogens (tertiary/aromatic N) is 2. The Morgan fingerprint density at radius 2 is 1.52 bits per heavy atom. The second-order valence-corrected chi connectivity index (χ2v) is 7.47. The van der Waals surface area contributed by atoms with Gasteiger partial charge in [0.15, 0.2) is 0 Å². The predicted molar refractivity (Wildman–Crippen MR) is 112 cm³/mol. The van der Waals surface area contributed by atoms with Crippen LogP contribution in [0.2, 0.25) is 0 Å². The fourth-order valence-corrected chi connectivity index (χ4v) is 3.88. The SMILES string of the molecule is CC(CSc1ccc(Oc2ccccc2)cc1)c1ncnc2ccccc12. The number of hydrogen-bond donors (Lipinski definition) is 0. The number of thioether (sulfide) groups is 1. The van der Waals surface area contributed by atoms with E-state index in [-0.39, 0.29) is 0 Å². The van der Waals surface area contributed by atoms with Crippen LogP contribution in [0.4, 0.5) is 0 Å². The van der Waals surface area contributed by atoms with Crippen LogP contribution in [-0.4, -0.2) is 15.7 Å². The van der Waals surface area contributed by atoms with E-state index in [2.05, 4.69) is 35.1 Å². The summed E-state index contributed by atoms with van der Waals surface area (Å²) >= 11 is 1.83. The van der Waals surface area contributed by atoms with Gasteiger partial charge >= 0.3 is 0 Å². The minimum atomic E-state index is 0.336. The van der Waals surface area contributed by atoms with Gasteiger partial charge in [0.1, 0.15) is 17.8 Å². The average Bonchev–Trinajstić information content (AvgIpc) is 2.73. The summed E-state index contributed by atoms with van der Waals surface area (Å²) in [6, 6.07) is 26.3. The van der Waals surface area contributed by atoms with Crippen molar-refractivity contribution in [3.05, 3.63) is 90.9 Å². The van der Waals surface area contributed by atoms with Gasteiger partial charge in [-0.2, -0.15) is 0 Å². The van der Waals surface area contributed by atoms with Crippen molar-refractivity contribution in [3.8, 4) is 11.5 Å². The first-order chi connectivity index (χ1) is 13.3. The number of benzene rings is 3. The maximum atomic E-state index is 5.85. The van der Waals surface area contributed by atoms with Crippen molar-refractivity contribution in [2.45, 2.75) is 17.7 Å². The lowest BCUT2D eigenvalue weighted by Gasteiger charge is -2.13. The van der Waals surface area contributed by atoms with Gasteiger partial charge in [0.2, 0.25) is 0 Å². The molecule has 0 fully saturated rings. The summed E-state index contributed by atoms with van der Waals surface area (Å²) < 4.78 is 5.85. The molecule has 0 bridgehead atoms. The highest BCUT2D eigenvalue weighted by Crippen LogP contribution is 2.30. The van der Waals surface area contributed by atoms with Crippen molar-refractivity contribution >= 4 is 22.7 Å². The summed E-state index contributed by atoms with van der Waals surface area (Å²) in [6.45, 7) is 2.22. The maximum Gasteiger partial charge on any atom is 0.127 e. The van der Waals surface area contributed by atoms with E-state index >= 15 is 0 Å². The second-order valence-electron chi connectivity index (χ2n) is 6.37. The molecule has 134 valence electrons. The Morgan fingerprint density at radius 1 is 0.815 bits per heavy atom. The van der Waals surface area contributed by atoms with Crippen LogP contribution in [0, 0.1) is 0 Å². The Morgan fingerprint density at radius 3 is 2.33 bits per heavy atom. The molecule has 0 saturated carbocycles. The molecule has 4 heteroatoms. The molecule has 0 aliphatic rings. The molecule has 3 nitrogen and oxygen atoms in total. The van der Waals surface area contributed by atoms with Gasteiger partial charge in [-0.3, -0.25) is 0 Å². The Labute approximate surface area is 163 Å². The predicted octanol–water partition coefficient (Wildman–Crippen LogP) is 6.32. The lowest BCUT2D eigenvalue weighted by Crippen LogP contribution is -2.02. The first-order valence-corrected chi connectivity index (χ1v) is 9.93. The van der Waals surface area contributed by atoms with Gasteiger partial charge in [0.25, 0.3) is 0 Å². The monoisotopic (exact) mass is 372 g/mol. The highest BCUT2D eigenvalue weighted by Gasteiger charge is 2.12. The zero-order chi connectivity index (χ0) is 18.5. The number of para-hydroxylation sites is 2. The van der Waals surface area contributed by atoms with Crippen LogP contribution in [0.5, 0.6) is 11.5 Å². The average molecular weight is 372 g/mol. The minimum Gasteiger partial charge on any atom is -0.457 e. The topological polar surface area (TPSA) is 35.0 Å². The van der Waals surface area contributed by atoms with Crippen LogP contribution < -0.4 is 4.74 Å². The first kappa shape index (κ1) is 17.6. The van der Waals surface area contributed by atoms with Gasteiger partial charge in [0, 0.05) is 22.0 Å². The number of ether oxygens (including phenoxy) is 1. The Hall–Kier alpha value is -2.85. The molecule has 4 aromatic rings. The summed E-state index contributed by atoms with van der Waals surface area (Å²) in [5.74, 6) is 2.99. The molecule has 1 atom stereocenters. The molecule has 0 radical (unpaired) electrons. The summed E-state index contributed by atoms with van der Waals surface area (Å²) in [4.78, 5) is 10.1. The van der Waals surface area contributed by atoms with Crippen LogP contribution >= 0.6 is 11.8 Å². The highest BCUT2D eigenvalue weighted by atomic mass is 32.2. The van der Waals surface area contributed by atoms with E-state index < -0.39 is 0 Å². The molecule has 0 saturated heterocycles. The molecule has 1 unspecified atom stereocenters. The Bertz CT molecular complexity index is 1010. The van der Waals surface area contributed by atoms with Crippen molar-refractivity contribution < 1.29 is 4.74 Å². The van der Waals surface area contributed by atoms with Gasteiger partial charge < -0.3 is 4.74 Å². The van der Waals surface area contributed by atoms with Crippen molar-refractivity contribution in [1.29, 1.82) is 0 Å². The molecule has 0 aliphatic heterocycles. The van der Waals surface area contributed by atoms with Gasteiger partial charge in [-0.15, -0.1) is 11.8 Å². The third kappa shape index (κ3) is 4.29.